The Morgan fingerprint density at radius 3 is 2.65 bits per heavy atom. The molecule has 0 bridgehead atoms. The number of nitrogens with zero attached hydrogens (tertiary/aromatic N) is 2. The largest absolute Gasteiger partial charge is 0.389 e. The molecule has 1 unspecified atom stereocenters. The topological polar surface area (TPSA) is 53.0 Å². The number of aliphatic hydroxyl groups is 1. The SMILES string of the molecule is CCOCC(O)CN1CCN(C(=O)c2ccc(C)c(Cl)c2)CC1. The summed E-state index contributed by atoms with van der Waals surface area (Å²) in [5.74, 6) is 0.0152. The highest BCUT2D eigenvalue weighted by molar-refractivity contribution is 6.31. The number of ether oxygens (including phenoxy) is 1. The van der Waals surface area contributed by atoms with E-state index in [2.05, 4.69) is 4.90 Å². The van der Waals surface area contributed by atoms with Gasteiger partial charge in [-0.25, -0.2) is 0 Å². The Labute approximate surface area is 142 Å². The number of halogens is 1. The van der Waals surface area contributed by atoms with E-state index in [1.54, 1.807) is 6.07 Å². The van der Waals surface area contributed by atoms with Crippen molar-refractivity contribution in [3.8, 4) is 0 Å². The monoisotopic (exact) mass is 340 g/mol. The number of aryl methyl sites for hydroxylation is 1. The summed E-state index contributed by atoms with van der Waals surface area (Å²) in [7, 11) is 0. The van der Waals surface area contributed by atoms with Crippen LogP contribution in [0.5, 0.6) is 0 Å². The lowest BCUT2D eigenvalue weighted by atomic mass is 10.1. The summed E-state index contributed by atoms with van der Waals surface area (Å²) in [6.07, 6.45) is -0.479. The number of benzene rings is 1. The Hall–Kier alpha value is -1.14. The van der Waals surface area contributed by atoms with E-state index in [4.69, 9.17) is 16.3 Å². The van der Waals surface area contributed by atoms with E-state index in [-0.39, 0.29) is 5.91 Å². The van der Waals surface area contributed by atoms with Crippen molar-refractivity contribution in [2.75, 3.05) is 45.9 Å². The van der Waals surface area contributed by atoms with E-state index in [0.29, 0.717) is 43.4 Å². The second-order valence-electron chi connectivity index (χ2n) is 5.87. The number of hydrogen-bond acceptors (Lipinski definition) is 4. The fraction of sp³-hybridized carbons (Fsp3) is 0.588. The Morgan fingerprint density at radius 2 is 2.04 bits per heavy atom. The normalized spacial score (nSPS) is 17.3. The van der Waals surface area contributed by atoms with Crippen LogP contribution in [0.2, 0.25) is 5.02 Å². The highest BCUT2D eigenvalue weighted by Gasteiger charge is 2.23. The zero-order valence-corrected chi connectivity index (χ0v) is 14.6. The van der Waals surface area contributed by atoms with Crippen LogP contribution < -0.4 is 0 Å². The van der Waals surface area contributed by atoms with Gasteiger partial charge < -0.3 is 14.7 Å². The smallest absolute Gasteiger partial charge is 0.253 e. The van der Waals surface area contributed by atoms with Gasteiger partial charge in [0.2, 0.25) is 0 Å². The maximum absolute atomic E-state index is 12.5. The van der Waals surface area contributed by atoms with Crippen LogP contribution in [0.15, 0.2) is 18.2 Å². The van der Waals surface area contributed by atoms with Crippen molar-refractivity contribution in [2.24, 2.45) is 0 Å². The third kappa shape index (κ3) is 5.18. The average Bonchev–Trinajstić information content (AvgIpc) is 2.55. The molecule has 1 fully saturated rings. The first kappa shape index (κ1) is 18.2. The van der Waals surface area contributed by atoms with Gasteiger partial charge in [-0.3, -0.25) is 9.69 Å². The third-order valence-corrected chi connectivity index (χ3v) is 4.47. The van der Waals surface area contributed by atoms with Gasteiger partial charge in [0.15, 0.2) is 0 Å². The van der Waals surface area contributed by atoms with E-state index in [0.717, 1.165) is 18.7 Å². The maximum Gasteiger partial charge on any atom is 0.253 e. The molecular formula is C17H25ClN2O3. The molecule has 1 amide bonds. The van der Waals surface area contributed by atoms with E-state index in [1.165, 1.54) is 0 Å². The second kappa shape index (κ2) is 8.64. The molecule has 1 aliphatic rings. The zero-order chi connectivity index (χ0) is 16.8. The van der Waals surface area contributed by atoms with E-state index in [9.17, 15) is 9.90 Å². The van der Waals surface area contributed by atoms with Crippen LogP contribution in [0.3, 0.4) is 0 Å². The number of β-amino-alcohol motifs (C(OH)–C–C–N with tert-alkyl or cyclic N) is 1. The predicted molar refractivity (Wildman–Crippen MR) is 91.0 cm³/mol. The number of rotatable bonds is 6. The lowest BCUT2D eigenvalue weighted by molar-refractivity contribution is 0.0111. The van der Waals surface area contributed by atoms with Gasteiger partial charge in [0.05, 0.1) is 12.7 Å². The molecular weight excluding hydrogens is 316 g/mol. The molecule has 0 aliphatic carbocycles. The molecule has 1 aromatic rings. The van der Waals surface area contributed by atoms with E-state index in [1.807, 2.05) is 30.9 Å². The first-order valence-electron chi connectivity index (χ1n) is 8.05. The van der Waals surface area contributed by atoms with Gasteiger partial charge in [-0.1, -0.05) is 17.7 Å². The van der Waals surface area contributed by atoms with E-state index >= 15 is 0 Å². The molecule has 0 spiro atoms. The highest BCUT2D eigenvalue weighted by Crippen LogP contribution is 2.18. The van der Waals surface area contributed by atoms with Crippen LogP contribution in [-0.2, 0) is 4.74 Å². The number of piperazine rings is 1. The summed E-state index contributed by atoms with van der Waals surface area (Å²) in [4.78, 5) is 16.5. The van der Waals surface area contributed by atoms with Crippen molar-refractivity contribution in [3.63, 3.8) is 0 Å². The summed E-state index contributed by atoms with van der Waals surface area (Å²) in [5, 5.41) is 10.5. The van der Waals surface area contributed by atoms with Gasteiger partial charge in [-0.2, -0.15) is 0 Å². The van der Waals surface area contributed by atoms with Crippen LogP contribution in [0.25, 0.3) is 0 Å². The van der Waals surface area contributed by atoms with Crippen molar-refractivity contribution in [2.45, 2.75) is 20.0 Å². The van der Waals surface area contributed by atoms with Crippen LogP contribution in [0.4, 0.5) is 0 Å². The van der Waals surface area contributed by atoms with Gasteiger partial charge in [0.1, 0.15) is 0 Å². The van der Waals surface area contributed by atoms with Crippen molar-refractivity contribution in [1.82, 2.24) is 9.80 Å². The van der Waals surface area contributed by atoms with Crippen LogP contribution in [-0.4, -0.2) is 72.9 Å². The summed E-state index contributed by atoms with van der Waals surface area (Å²) < 4.78 is 5.22. The molecule has 1 atom stereocenters. The van der Waals surface area contributed by atoms with Crippen LogP contribution in [0.1, 0.15) is 22.8 Å². The second-order valence-corrected chi connectivity index (χ2v) is 6.28. The van der Waals surface area contributed by atoms with Gasteiger partial charge in [0.25, 0.3) is 5.91 Å². The molecule has 128 valence electrons. The van der Waals surface area contributed by atoms with Crippen LogP contribution in [0, 0.1) is 6.92 Å². The number of carbonyl (C=O) groups excluding carboxylic acids is 1. The van der Waals surface area contributed by atoms with Gasteiger partial charge in [0, 0.05) is 49.9 Å². The molecule has 0 radical (unpaired) electrons. The number of carbonyl (C=O) groups is 1. The zero-order valence-electron chi connectivity index (χ0n) is 13.8. The minimum atomic E-state index is -0.479. The third-order valence-electron chi connectivity index (χ3n) is 4.06. The molecule has 0 saturated carbocycles. The van der Waals surface area contributed by atoms with Gasteiger partial charge in [-0.15, -0.1) is 0 Å². The lowest BCUT2D eigenvalue weighted by Gasteiger charge is -2.35. The minimum Gasteiger partial charge on any atom is -0.389 e. The Bertz CT molecular complexity index is 531. The van der Waals surface area contributed by atoms with Crippen molar-refractivity contribution >= 4 is 17.5 Å². The number of hydrogen-bond donors (Lipinski definition) is 1. The average molecular weight is 341 g/mol. The summed E-state index contributed by atoms with van der Waals surface area (Å²) in [6.45, 7) is 8.21. The quantitative estimate of drug-likeness (QED) is 0.858. The predicted octanol–water partition coefficient (Wildman–Crippen LogP) is 1.80. The molecule has 2 rings (SSSR count). The maximum atomic E-state index is 12.5. The molecule has 1 heterocycles. The summed E-state index contributed by atoms with van der Waals surface area (Å²) >= 11 is 6.10. The van der Waals surface area contributed by atoms with Crippen molar-refractivity contribution < 1.29 is 14.6 Å². The lowest BCUT2D eigenvalue weighted by Crippen LogP contribution is -2.50. The molecule has 23 heavy (non-hydrogen) atoms. The number of aliphatic hydroxyl groups excluding tert-OH is 1. The van der Waals surface area contributed by atoms with Crippen molar-refractivity contribution in [3.05, 3.63) is 34.3 Å². The first-order valence-corrected chi connectivity index (χ1v) is 8.42. The molecule has 6 heteroatoms. The Morgan fingerprint density at radius 1 is 1.35 bits per heavy atom. The Balaban J connectivity index is 1.83. The molecule has 0 aromatic heterocycles. The van der Waals surface area contributed by atoms with Gasteiger partial charge >= 0.3 is 0 Å². The fourth-order valence-electron chi connectivity index (χ4n) is 2.65. The fourth-order valence-corrected chi connectivity index (χ4v) is 2.83. The molecule has 5 nitrogen and oxygen atoms in total. The standard InChI is InChI=1S/C17H25ClN2O3/c1-3-23-12-15(21)11-19-6-8-20(9-7-19)17(22)14-5-4-13(2)16(18)10-14/h4-5,10,15,21H,3,6-9,11-12H2,1-2H3. The molecule has 1 aromatic carbocycles. The molecule has 1 aliphatic heterocycles. The Kier molecular flexibility index (Phi) is 6.84. The highest BCUT2D eigenvalue weighted by atomic mass is 35.5. The number of amides is 1. The molecule has 1 N–H and O–H groups in total. The van der Waals surface area contributed by atoms with E-state index < -0.39 is 6.10 Å². The van der Waals surface area contributed by atoms with Crippen LogP contribution >= 0.6 is 11.6 Å². The first-order chi connectivity index (χ1) is 11.0. The van der Waals surface area contributed by atoms with Crippen molar-refractivity contribution in [1.29, 1.82) is 0 Å². The minimum absolute atomic E-state index is 0.0152. The summed E-state index contributed by atoms with van der Waals surface area (Å²) in [6, 6.07) is 5.43. The summed E-state index contributed by atoms with van der Waals surface area (Å²) in [5.41, 5.74) is 1.60. The van der Waals surface area contributed by atoms with Gasteiger partial charge in [-0.05, 0) is 31.5 Å². The molecule has 1 saturated heterocycles.